The van der Waals surface area contributed by atoms with E-state index in [0.29, 0.717) is 17.1 Å². The minimum Gasteiger partial charge on any atom is -0.497 e. The lowest BCUT2D eigenvalue weighted by atomic mass is 10.2. The lowest BCUT2D eigenvalue weighted by Crippen LogP contribution is -2.28. The third-order valence-corrected chi connectivity index (χ3v) is 4.96. The number of carbonyl (C=O) groups excluding carboxylic acids is 1. The number of aromatic nitrogens is 3. The Balaban J connectivity index is 1.90. The van der Waals surface area contributed by atoms with E-state index in [1.165, 1.54) is 0 Å². The average molecular weight is 434 g/mol. The van der Waals surface area contributed by atoms with E-state index < -0.39 is 27.7 Å². The van der Waals surface area contributed by atoms with E-state index in [4.69, 9.17) is 4.74 Å². The summed E-state index contributed by atoms with van der Waals surface area (Å²) in [6.07, 6.45) is 1.09. The molecule has 32 heavy (non-hydrogen) atoms. The Kier molecular flexibility index (Phi) is 5.42. The number of pyridine rings is 1. The molecule has 2 aromatic heterocycles. The molecule has 10 heteroatoms. The molecule has 2 heterocycles. The van der Waals surface area contributed by atoms with Gasteiger partial charge in [0.05, 0.1) is 42.9 Å². The van der Waals surface area contributed by atoms with Crippen molar-refractivity contribution < 1.29 is 19.2 Å². The van der Waals surface area contributed by atoms with Gasteiger partial charge < -0.3 is 14.0 Å². The van der Waals surface area contributed by atoms with Crippen LogP contribution in [0.15, 0.2) is 65.6 Å². The molecule has 0 spiro atoms. The van der Waals surface area contributed by atoms with Crippen molar-refractivity contribution >= 4 is 22.7 Å². The van der Waals surface area contributed by atoms with Crippen LogP contribution in [0, 0.1) is 10.1 Å². The number of esters is 1. The van der Waals surface area contributed by atoms with Crippen molar-refractivity contribution in [2.45, 2.75) is 6.54 Å². The first kappa shape index (κ1) is 20.8. The Bertz CT molecular complexity index is 1390. The Hall–Kier alpha value is -4.47. The van der Waals surface area contributed by atoms with E-state index >= 15 is 0 Å². The fraction of sp³-hybridized carbons (Fsp3) is 0.136. The minimum atomic E-state index is -0.948. The average Bonchev–Trinajstić information content (AvgIpc) is 3.17. The predicted octanol–water partition coefficient (Wildman–Crippen LogP) is 2.94. The fourth-order valence-electron chi connectivity index (χ4n) is 3.45. The summed E-state index contributed by atoms with van der Waals surface area (Å²) in [6, 6.07) is 15.6. The first-order chi connectivity index (χ1) is 15.4. The van der Waals surface area contributed by atoms with Crippen LogP contribution < -0.4 is 10.3 Å². The van der Waals surface area contributed by atoms with Crippen molar-refractivity contribution in [3.8, 4) is 11.4 Å². The number of imidazole rings is 1. The molecule has 2 aromatic carbocycles. The van der Waals surface area contributed by atoms with Crippen LogP contribution in [0.5, 0.6) is 5.75 Å². The monoisotopic (exact) mass is 434 g/mol. The maximum absolute atomic E-state index is 12.9. The minimum absolute atomic E-state index is 0.106. The van der Waals surface area contributed by atoms with Crippen molar-refractivity contribution in [1.82, 2.24) is 14.1 Å². The number of nitrogens with zero attached hydrogens (tertiary/aromatic N) is 4. The van der Waals surface area contributed by atoms with Gasteiger partial charge in [0, 0.05) is 11.8 Å². The molecule has 0 aliphatic carbocycles. The Labute approximate surface area is 181 Å². The number of benzene rings is 2. The smallest absolute Gasteiger partial charge is 0.343 e. The van der Waals surface area contributed by atoms with Crippen LogP contribution in [0.2, 0.25) is 0 Å². The summed E-state index contributed by atoms with van der Waals surface area (Å²) in [7, 11) is 2.68. The van der Waals surface area contributed by atoms with Gasteiger partial charge in [0.1, 0.15) is 17.1 Å². The van der Waals surface area contributed by atoms with Crippen LogP contribution in [0.25, 0.3) is 16.7 Å². The second-order valence-electron chi connectivity index (χ2n) is 6.84. The second kappa shape index (κ2) is 8.34. The van der Waals surface area contributed by atoms with Gasteiger partial charge in [-0.2, -0.15) is 0 Å². The lowest BCUT2D eigenvalue weighted by molar-refractivity contribution is -0.385. The van der Waals surface area contributed by atoms with Gasteiger partial charge in [0.2, 0.25) is 0 Å². The van der Waals surface area contributed by atoms with Crippen molar-refractivity contribution in [3.63, 3.8) is 0 Å². The summed E-state index contributed by atoms with van der Waals surface area (Å²) in [5.41, 5.74) is 0.701. The molecule has 10 nitrogen and oxygen atoms in total. The first-order valence-corrected chi connectivity index (χ1v) is 9.51. The van der Waals surface area contributed by atoms with E-state index in [-0.39, 0.29) is 6.54 Å². The first-order valence-electron chi connectivity index (χ1n) is 9.51. The molecule has 0 aliphatic heterocycles. The quantitative estimate of drug-likeness (QED) is 0.260. The van der Waals surface area contributed by atoms with Crippen LogP contribution in [-0.4, -0.2) is 39.2 Å². The summed E-state index contributed by atoms with van der Waals surface area (Å²) in [5, 5.41) is 11.4. The zero-order valence-electron chi connectivity index (χ0n) is 17.2. The van der Waals surface area contributed by atoms with Crippen molar-refractivity contribution in [1.29, 1.82) is 0 Å². The zero-order chi connectivity index (χ0) is 22.8. The molecular formula is C22H18N4O6. The number of ether oxygens (including phenoxy) is 2. The molecule has 0 saturated heterocycles. The highest BCUT2D eigenvalue weighted by atomic mass is 16.6. The molecule has 0 atom stereocenters. The molecular weight excluding hydrogens is 416 g/mol. The maximum Gasteiger partial charge on any atom is 0.343 e. The largest absolute Gasteiger partial charge is 0.497 e. The van der Waals surface area contributed by atoms with Gasteiger partial charge in [0.15, 0.2) is 0 Å². The van der Waals surface area contributed by atoms with Gasteiger partial charge in [-0.25, -0.2) is 9.78 Å². The summed E-state index contributed by atoms with van der Waals surface area (Å²) in [6.45, 7) is -0.106. The van der Waals surface area contributed by atoms with E-state index in [9.17, 15) is 19.7 Å². The number of hydrogen-bond donors (Lipinski definition) is 0. The highest BCUT2D eigenvalue weighted by Crippen LogP contribution is 2.24. The third-order valence-electron chi connectivity index (χ3n) is 4.96. The number of fused-ring (bicyclic) bond motifs is 1. The maximum atomic E-state index is 12.9. The van der Waals surface area contributed by atoms with Gasteiger partial charge in [-0.3, -0.25) is 19.5 Å². The second-order valence-corrected chi connectivity index (χ2v) is 6.84. The molecule has 162 valence electrons. The molecule has 0 aliphatic rings. The van der Waals surface area contributed by atoms with Gasteiger partial charge in [-0.15, -0.1) is 0 Å². The van der Waals surface area contributed by atoms with Crippen molar-refractivity contribution in [2.75, 3.05) is 14.2 Å². The molecule has 0 saturated carbocycles. The Morgan fingerprint density at radius 1 is 1.12 bits per heavy atom. The van der Waals surface area contributed by atoms with Crippen LogP contribution in [0.4, 0.5) is 5.69 Å². The summed E-state index contributed by atoms with van der Waals surface area (Å²) < 4.78 is 12.8. The highest BCUT2D eigenvalue weighted by Gasteiger charge is 2.21. The molecule has 4 aromatic rings. The molecule has 4 rings (SSSR count). The van der Waals surface area contributed by atoms with Gasteiger partial charge in [0.25, 0.3) is 11.2 Å². The zero-order valence-corrected chi connectivity index (χ0v) is 17.2. The van der Waals surface area contributed by atoms with Crippen LogP contribution in [0.1, 0.15) is 16.2 Å². The highest BCUT2D eigenvalue weighted by molar-refractivity contribution is 5.89. The number of rotatable bonds is 6. The lowest BCUT2D eigenvalue weighted by Gasteiger charge is -2.12. The SMILES string of the molecule is COC(=O)c1cc([N+](=O)[O-])cn(Cc2nc3ccccc3n2-c2ccc(OC)cc2)c1=O. The molecule has 0 amide bonds. The van der Waals surface area contributed by atoms with Gasteiger partial charge in [-0.05, 0) is 36.4 Å². The Morgan fingerprint density at radius 3 is 2.50 bits per heavy atom. The standard InChI is InChI=1S/C22H18N4O6/c1-31-16-9-7-14(8-10-16)25-19-6-4-3-5-18(19)23-20(25)13-24-12-15(26(29)30)11-17(21(24)27)22(28)32-2/h3-12H,13H2,1-2H3. The topological polar surface area (TPSA) is 118 Å². The van der Waals surface area contributed by atoms with E-state index in [1.54, 1.807) is 19.2 Å². The number of para-hydroxylation sites is 2. The molecule has 0 bridgehead atoms. The van der Waals surface area contributed by atoms with E-state index in [2.05, 4.69) is 9.72 Å². The molecule has 0 N–H and O–H groups in total. The van der Waals surface area contributed by atoms with Crippen LogP contribution in [-0.2, 0) is 11.3 Å². The van der Waals surface area contributed by atoms with Crippen LogP contribution in [0.3, 0.4) is 0 Å². The number of carbonyl (C=O) groups is 1. The van der Waals surface area contributed by atoms with Crippen molar-refractivity contribution in [3.05, 3.63) is 92.7 Å². The van der Waals surface area contributed by atoms with Gasteiger partial charge >= 0.3 is 5.97 Å². The summed E-state index contributed by atoms with van der Waals surface area (Å²) in [5.74, 6) is 0.184. The van der Waals surface area contributed by atoms with E-state index in [0.717, 1.165) is 35.1 Å². The van der Waals surface area contributed by atoms with Crippen molar-refractivity contribution in [2.24, 2.45) is 0 Å². The van der Waals surface area contributed by atoms with Gasteiger partial charge in [-0.1, -0.05) is 12.1 Å². The Morgan fingerprint density at radius 2 is 1.84 bits per heavy atom. The fourth-order valence-corrected chi connectivity index (χ4v) is 3.45. The van der Waals surface area contributed by atoms with Crippen LogP contribution >= 0.6 is 0 Å². The molecule has 0 radical (unpaired) electrons. The third kappa shape index (κ3) is 3.69. The van der Waals surface area contributed by atoms with E-state index in [1.807, 2.05) is 41.0 Å². The molecule has 0 unspecified atom stereocenters. The predicted molar refractivity (Wildman–Crippen MR) is 115 cm³/mol. The number of methoxy groups -OCH3 is 2. The normalized spacial score (nSPS) is 10.8. The summed E-state index contributed by atoms with van der Waals surface area (Å²) in [4.78, 5) is 40.2. The molecule has 0 fully saturated rings. The number of nitro groups is 1. The number of hydrogen-bond acceptors (Lipinski definition) is 7. The summed E-state index contributed by atoms with van der Waals surface area (Å²) >= 11 is 0.